The van der Waals surface area contributed by atoms with Crippen LogP contribution in [0, 0.1) is 11.3 Å². The quantitative estimate of drug-likeness (QED) is 0.539. The minimum absolute atomic E-state index is 0.0530. The van der Waals surface area contributed by atoms with E-state index in [2.05, 4.69) is 6.07 Å². The molecule has 0 aliphatic carbocycles. The molecule has 1 unspecified atom stereocenters. The van der Waals surface area contributed by atoms with Crippen LogP contribution < -0.4 is 0 Å². The molecule has 0 aromatic heterocycles. The highest BCUT2D eigenvalue weighted by Crippen LogP contribution is 2.14. The maximum Gasteiger partial charge on any atom is 0.157 e. The Kier molecular flexibility index (Phi) is 10.7. The summed E-state index contributed by atoms with van der Waals surface area (Å²) in [5, 5.41) is 8.36. The summed E-state index contributed by atoms with van der Waals surface area (Å²) in [6.07, 6.45) is 9.55. The summed E-state index contributed by atoms with van der Waals surface area (Å²) in [4.78, 5) is 0. The minimum atomic E-state index is 0.0530. The van der Waals surface area contributed by atoms with Crippen molar-refractivity contribution in [3.63, 3.8) is 0 Å². The molecule has 1 aliphatic heterocycles. The van der Waals surface area contributed by atoms with Crippen LogP contribution in [0.3, 0.4) is 0 Å². The van der Waals surface area contributed by atoms with Crippen molar-refractivity contribution < 1.29 is 14.2 Å². The van der Waals surface area contributed by atoms with Crippen molar-refractivity contribution in [3.8, 4) is 6.07 Å². The predicted octanol–water partition coefficient (Wildman–Crippen LogP) is 3.41. The van der Waals surface area contributed by atoms with Crippen LogP contribution in [0.1, 0.15) is 57.8 Å². The average molecular weight is 269 g/mol. The van der Waals surface area contributed by atoms with Gasteiger partial charge in [0.1, 0.15) is 0 Å². The highest BCUT2D eigenvalue weighted by molar-refractivity contribution is 4.67. The molecule has 0 radical (unpaired) electrons. The van der Waals surface area contributed by atoms with E-state index in [-0.39, 0.29) is 6.29 Å². The van der Waals surface area contributed by atoms with Crippen molar-refractivity contribution in [1.82, 2.24) is 0 Å². The molecule has 0 saturated carbocycles. The topological polar surface area (TPSA) is 51.5 Å². The van der Waals surface area contributed by atoms with Gasteiger partial charge in [-0.1, -0.05) is 12.8 Å². The van der Waals surface area contributed by atoms with Gasteiger partial charge in [0.25, 0.3) is 0 Å². The Bertz CT molecular complexity index is 234. The zero-order valence-electron chi connectivity index (χ0n) is 11.9. The highest BCUT2D eigenvalue weighted by atomic mass is 16.7. The molecule has 1 saturated heterocycles. The van der Waals surface area contributed by atoms with Gasteiger partial charge in [-0.05, 0) is 38.5 Å². The molecular weight excluding hydrogens is 242 g/mol. The zero-order chi connectivity index (χ0) is 13.6. The normalized spacial score (nSPS) is 19.2. The molecule has 0 spiro atoms. The first-order valence-electron chi connectivity index (χ1n) is 7.61. The number of nitrogens with zero attached hydrogens (tertiary/aromatic N) is 1. The maximum atomic E-state index is 8.36. The molecule has 4 nitrogen and oxygen atoms in total. The molecule has 19 heavy (non-hydrogen) atoms. The van der Waals surface area contributed by atoms with Gasteiger partial charge in [-0.3, -0.25) is 0 Å². The van der Waals surface area contributed by atoms with E-state index in [1.807, 2.05) is 0 Å². The minimum Gasteiger partial charge on any atom is -0.381 e. The lowest BCUT2D eigenvalue weighted by molar-refractivity contribution is -0.162. The lowest BCUT2D eigenvalue weighted by atomic mass is 10.2. The number of ether oxygens (including phenoxy) is 3. The Morgan fingerprint density at radius 1 is 1.00 bits per heavy atom. The number of nitriles is 1. The molecular formula is C15H27NO3. The molecule has 1 aliphatic rings. The molecule has 1 rings (SSSR count). The lowest BCUT2D eigenvalue weighted by Gasteiger charge is -2.22. The van der Waals surface area contributed by atoms with Crippen molar-refractivity contribution in [2.45, 2.75) is 64.1 Å². The van der Waals surface area contributed by atoms with Gasteiger partial charge in [0, 0.05) is 32.8 Å². The van der Waals surface area contributed by atoms with Gasteiger partial charge < -0.3 is 14.2 Å². The number of hydrogen-bond acceptors (Lipinski definition) is 4. The smallest absolute Gasteiger partial charge is 0.157 e. The third kappa shape index (κ3) is 9.89. The van der Waals surface area contributed by atoms with Gasteiger partial charge in [-0.15, -0.1) is 0 Å². The molecule has 0 aromatic rings. The number of rotatable bonds is 11. The third-order valence-corrected chi connectivity index (χ3v) is 3.20. The molecule has 0 bridgehead atoms. The van der Waals surface area contributed by atoms with Crippen LogP contribution >= 0.6 is 0 Å². The van der Waals surface area contributed by atoms with E-state index in [9.17, 15) is 0 Å². The molecule has 110 valence electrons. The molecule has 1 atom stereocenters. The van der Waals surface area contributed by atoms with Gasteiger partial charge in [-0.25, -0.2) is 0 Å². The standard InChI is InChI=1S/C15H27NO3/c16-10-4-8-12-17-11-5-1-2-6-13-18-15-9-3-7-14-19-15/h15H,1-9,11-14H2. The third-order valence-electron chi connectivity index (χ3n) is 3.20. The maximum absolute atomic E-state index is 8.36. The van der Waals surface area contributed by atoms with E-state index < -0.39 is 0 Å². The molecule has 0 N–H and O–H groups in total. The Morgan fingerprint density at radius 3 is 2.53 bits per heavy atom. The first-order chi connectivity index (χ1) is 9.43. The summed E-state index contributed by atoms with van der Waals surface area (Å²) in [5.41, 5.74) is 0. The van der Waals surface area contributed by atoms with Crippen molar-refractivity contribution in [2.75, 3.05) is 26.4 Å². The van der Waals surface area contributed by atoms with Crippen LogP contribution in [0.4, 0.5) is 0 Å². The fraction of sp³-hybridized carbons (Fsp3) is 0.933. The van der Waals surface area contributed by atoms with Gasteiger partial charge >= 0.3 is 0 Å². The Hall–Kier alpha value is -0.630. The second kappa shape index (κ2) is 12.4. The zero-order valence-corrected chi connectivity index (χ0v) is 11.9. The largest absolute Gasteiger partial charge is 0.381 e. The van der Waals surface area contributed by atoms with Crippen LogP contribution in [0.25, 0.3) is 0 Å². The Morgan fingerprint density at radius 2 is 1.79 bits per heavy atom. The van der Waals surface area contributed by atoms with Crippen LogP contribution in [0.15, 0.2) is 0 Å². The molecule has 0 aromatic carbocycles. The number of unbranched alkanes of at least 4 members (excludes halogenated alkanes) is 4. The summed E-state index contributed by atoms with van der Waals surface area (Å²) in [6.45, 7) is 3.20. The number of hydrogen-bond donors (Lipinski definition) is 0. The van der Waals surface area contributed by atoms with Gasteiger partial charge in [0.2, 0.25) is 0 Å². The van der Waals surface area contributed by atoms with Crippen LogP contribution in [-0.2, 0) is 14.2 Å². The summed E-state index contributed by atoms with van der Waals surface area (Å²) < 4.78 is 16.6. The first-order valence-corrected chi connectivity index (χ1v) is 7.61. The van der Waals surface area contributed by atoms with Crippen LogP contribution in [-0.4, -0.2) is 32.7 Å². The summed E-state index contributed by atoms with van der Waals surface area (Å²) in [5.74, 6) is 0. The fourth-order valence-electron chi connectivity index (χ4n) is 2.07. The molecule has 0 amide bonds. The Labute approximate surface area is 117 Å². The van der Waals surface area contributed by atoms with E-state index in [0.29, 0.717) is 6.42 Å². The first kappa shape index (κ1) is 16.4. The summed E-state index contributed by atoms with van der Waals surface area (Å²) in [7, 11) is 0. The van der Waals surface area contributed by atoms with Crippen LogP contribution in [0.5, 0.6) is 0 Å². The second-order valence-electron chi connectivity index (χ2n) is 4.96. The summed E-state index contributed by atoms with van der Waals surface area (Å²) >= 11 is 0. The van der Waals surface area contributed by atoms with Crippen molar-refractivity contribution in [1.29, 1.82) is 5.26 Å². The van der Waals surface area contributed by atoms with E-state index in [4.69, 9.17) is 19.5 Å². The summed E-state index contributed by atoms with van der Waals surface area (Å²) in [6, 6.07) is 2.12. The van der Waals surface area contributed by atoms with Crippen molar-refractivity contribution in [3.05, 3.63) is 0 Å². The molecule has 1 fully saturated rings. The average Bonchev–Trinajstić information content (AvgIpc) is 2.46. The lowest BCUT2D eigenvalue weighted by Crippen LogP contribution is -2.22. The van der Waals surface area contributed by atoms with E-state index in [1.165, 1.54) is 25.7 Å². The Balaban J connectivity index is 1.72. The fourth-order valence-corrected chi connectivity index (χ4v) is 2.07. The van der Waals surface area contributed by atoms with Gasteiger partial charge in [-0.2, -0.15) is 5.26 Å². The highest BCUT2D eigenvalue weighted by Gasteiger charge is 2.13. The van der Waals surface area contributed by atoms with Crippen LogP contribution in [0.2, 0.25) is 0 Å². The van der Waals surface area contributed by atoms with Crippen molar-refractivity contribution >= 4 is 0 Å². The van der Waals surface area contributed by atoms with Gasteiger partial charge in [0.15, 0.2) is 6.29 Å². The van der Waals surface area contributed by atoms with E-state index in [1.54, 1.807) is 0 Å². The predicted molar refractivity (Wildman–Crippen MR) is 73.7 cm³/mol. The molecule has 1 heterocycles. The molecule has 4 heteroatoms. The monoisotopic (exact) mass is 269 g/mol. The van der Waals surface area contributed by atoms with E-state index >= 15 is 0 Å². The van der Waals surface area contributed by atoms with Gasteiger partial charge in [0.05, 0.1) is 6.07 Å². The second-order valence-corrected chi connectivity index (χ2v) is 4.96. The van der Waals surface area contributed by atoms with Crippen molar-refractivity contribution in [2.24, 2.45) is 0 Å². The van der Waals surface area contributed by atoms with E-state index in [0.717, 1.165) is 52.1 Å². The SMILES string of the molecule is N#CCCCOCCCCCCOC1CCCCO1.